The molecule has 0 aliphatic heterocycles. The van der Waals surface area contributed by atoms with Crippen LogP contribution in [0, 0.1) is 20.8 Å². The molecule has 0 unspecified atom stereocenters. The van der Waals surface area contributed by atoms with E-state index < -0.39 is 0 Å². The molecule has 2 aromatic rings. The quantitative estimate of drug-likeness (QED) is 0.783. The molecule has 0 spiro atoms. The van der Waals surface area contributed by atoms with Gasteiger partial charge in [-0.25, -0.2) is 0 Å². The lowest BCUT2D eigenvalue weighted by Crippen LogP contribution is -2.32. The van der Waals surface area contributed by atoms with Gasteiger partial charge in [0.2, 0.25) is 11.8 Å². The maximum Gasteiger partial charge on any atom is 0.226 e. The molecule has 0 aliphatic carbocycles. The highest BCUT2D eigenvalue weighted by molar-refractivity contribution is 5.96. The number of nitrogens with one attached hydrogen (secondary N) is 1. The molecule has 0 atom stereocenters. The minimum atomic E-state index is -0.179. The topological polar surface area (TPSA) is 67.9 Å². The van der Waals surface area contributed by atoms with Crippen molar-refractivity contribution in [3.05, 3.63) is 47.0 Å². The van der Waals surface area contributed by atoms with Gasteiger partial charge in [-0.15, -0.1) is 0 Å². The molecule has 6 heteroatoms. The average molecular weight is 384 g/mol. The van der Waals surface area contributed by atoms with Crippen LogP contribution in [0.2, 0.25) is 0 Å². The van der Waals surface area contributed by atoms with Crippen molar-refractivity contribution < 1.29 is 19.1 Å². The Hall–Kier alpha value is -3.02. The molecule has 2 aromatic carbocycles. The lowest BCUT2D eigenvalue weighted by Gasteiger charge is -2.24. The van der Waals surface area contributed by atoms with Crippen LogP contribution >= 0.6 is 0 Å². The number of ether oxygens (including phenoxy) is 2. The second kappa shape index (κ2) is 9.26. The predicted octanol–water partition coefficient (Wildman–Crippen LogP) is 4.01. The maximum atomic E-state index is 12.5. The van der Waals surface area contributed by atoms with Gasteiger partial charge in [0.05, 0.1) is 19.9 Å². The van der Waals surface area contributed by atoms with Gasteiger partial charge < -0.3 is 19.7 Å². The molecule has 0 radical (unpaired) electrons. The Morgan fingerprint density at radius 2 is 1.64 bits per heavy atom. The van der Waals surface area contributed by atoms with E-state index in [0.717, 1.165) is 22.4 Å². The lowest BCUT2D eigenvalue weighted by atomic mass is 10.0. The SMILES string of the molecule is COc1ccc(OC)c(N(CCC(=O)Nc2c(C)cc(C)cc2C)C(C)=O)c1. The van der Waals surface area contributed by atoms with Gasteiger partial charge in [-0.2, -0.15) is 0 Å². The van der Waals surface area contributed by atoms with Crippen LogP contribution in [0.15, 0.2) is 30.3 Å². The third-order valence-electron chi connectivity index (χ3n) is 4.56. The highest BCUT2D eigenvalue weighted by Gasteiger charge is 2.19. The minimum Gasteiger partial charge on any atom is -0.497 e. The van der Waals surface area contributed by atoms with Gasteiger partial charge >= 0.3 is 0 Å². The Labute approximate surface area is 166 Å². The normalized spacial score (nSPS) is 10.4. The number of methoxy groups -OCH3 is 2. The first-order valence-corrected chi connectivity index (χ1v) is 9.14. The number of amides is 2. The maximum absolute atomic E-state index is 12.5. The number of hydrogen-bond donors (Lipinski definition) is 1. The zero-order valence-electron chi connectivity index (χ0n) is 17.4. The van der Waals surface area contributed by atoms with E-state index in [9.17, 15) is 9.59 Å². The largest absolute Gasteiger partial charge is 0.497 e. The van der Waals surface area contributed by atoms with Gasteiger partial charge in [0, 0.05) is 31.6 Å². The van der Waals surface area contributed by atoms with Crippen molar-refractivity contribution in [2.45, 2.75) is 34.1 Å². The summed E-state index contributed by atoms with van der Waals surface area (Å²) < 4.78 is 10.6. The van der Waals surface area contributed by atoms with Crippen molar-refractivity contribution in [2.75, 3.05) is 31.0 Å². The van der Waals surface area contributed by atoms with Crippen LogP contribution in [0.25, 0.3) is 0 Å². The molecule has 0 saturated heterocycles. The van der Waals surface area contributed by atoms with Gasteiger partial charge in [0.25, 0.3) is 0 Å². The molecule has 0 aliphatic rings. The van der Waals surface area contributed by atoms with E-state index in [2.05, 4.69) is 5.32 Å². The van der Waals surface area contributed by atoms with Gasteiger partial charge in [-0.05, 0) is 44.0 Å². The van der Waals surface area contributed by atoms with E-state index in [0.29, 0.717) is 17.2 Å². The highest BCUT2D eigenvalue weighted by Crippen LogP contribution is 2.32. The first-order valence-electron chi connectivity index (χ1n) is 9.14. The Kier molecular flexibility index (Phi) is 7.04. The van der Waals surface area contributed by atoms with Gasteiger partial charge in [-0.1, -0.05) is 17.7 Å². The molecular weight excluding hydrogens is 356 g/mol. The number of carbonyl (C=O) groups is 2. The van der Waals surface area contributed by atoms with E-state index in [4.69, 9.17) is 9.47 Å². The molecule has 0 bridgehead atoms. The Bertz CT molecular complexity index is 854. The van der Waals surface area contributed by atoms with E-state index >= 15 is 0 Å². The second-order valence-electron chi connectivity index (χ2n) is 6.78. The summed E-state index contributed by atoms with van der Waals surface area (Å²) in [7, 11) is 3.10. The molecule has 6 nitrogen and oxygen atoms in total. The molecule has 28 heavy (non-hydrogen) atoms. The molecular formula is C22H28N2O4. The van der Waals surface area contributed by atoms with Crippen LogP contribution in [0.1, 0.15) is 30.0 Å². The average Bonchev–Trinajstić information content (AvgIpc) is 2.64. The standard InChI is InChI=1S/C22H28N2O4/c1-14-11-15(2)22(16(3)12-14)23-21(26)9-10-24(17(4)25)19-13-18(27-5)7-8-20(19)28-6/h7-8,11-13H,9-10H2,1-6H3,(H,23,26). The van der Waals surface area contributed by atoms with Crippen LogP contribution in [0.4, 0.5) is 11.4 Å². The number of hydrogen-bond acceptors (Lipinski definition) is 4. The zero-order valence-corrected chi connectivity index (χ0v) is 17.4. The molecule has 0 fully saturated rings. The summed E-state index contributed by atoms with van der Waals surface area (Å²) >= 11 is 0. The summed E-state index contributed by atoms with van der Waals surface area (Å²) in [6, 6.07) is 9.29. The summed E-state index contributed by atoms with van der Waals surface area (Å²) in [4.78, 5) is 26.3. The fraction of sp³-hybridized carbons (Fsp3) is 0.364. The van der Waals surface area contributed by atoms with E-state index in [1.807, 2.05) is 32.9 Å². The Morgan fingerprint density at radius 1 is 1.00 bits per heavy atom. The van der Waals surface area contributed by atoms with Crippen molar-refractivity contribution in [1.29, 1.82) is 0 Å². The van der Waals surface area contributed by atoms with Gasteiger partial charge in [0.1, 0.15) is 11.5 Å². The summed E-state index contributed by atoms with van der Waals surface area (Å²) in [5, 5.41) is 2.97. The summed E-state index contributed by atoms with van der Waals surface area (Å²) in [5.74, 6) is 0.823. The molecule has 0 saturated carbocycles. The minimum absolute atomic E-state index is 0.150. The molecule has 1 N–H and O–H groups in total. The van der Waals surface area contributed by atoms with Crippen LogP contribution in [0.5, 0.6) is 11.5 Å². The summed E-state index contributed by atoms with van der Waals surface area (Å²) in [5.41, 5.74) is 4.59. The fourth-order valence-corrected chi connectivity index (χ4v) is 3.25. The number of anilines is 2. The van der Waals surface area contributed by atoms with E-state index in [-0.39, 0.29) is 24.8 Å². The van der Waals surface area contributed by atoms with E-state index in [1.54, 1.807) is 32.4 Å². The van der Waals surface area contributed by atoms with Crippen molar-refractivity contribution in [1.82, 2.24) is 0 Å². The molecule has 0 heterocycles. The van der Waals surface area contributed by atoms with Crippen LogP contribution < -0.4 is 19.7 Å². The number of benzene rings is 2. The van der Waals surface area contributed by atoms with Crippen LogP contribution in [-0.4, -0.2) is 32.6 Å². The molecule has 2 rings (SSSR count). The summed E-state index contributed by atoms with van der Waals surface area (Å²) in [6.07, 6.45) is 0.159. The Morgan fingerprint density at radius 3 is 2.18 bits per heavy atom. The zero-order chi connectivity index (χ0) is 20.8. The molecule has 2 amide bonds. The first kappa shape index (κ1) is 21.3. The van der Waals surface area contributed by atoms with Gasteiger partial charge in [0.15, 0.2) is 0 Å². The highest BCUT2D eigenvalue weighted by atomic mass is 16.5. The monoisotopic (exact) mass is 384 g/mol. The van der Waals surface area contributed by atoms with Crippen LogP contribution in [0.3, 0.4) is 0 Å². The number of aryl methyl sites for hydroxylation is 3. The second-order valence-corrected chi connectivity index (χ2v) is 6.78. The third kappa shape index (κ3) is 5.03. The summed E-state index contributed by atoms with van der Waals surface area (Å²) in [6.45, 7) is 7.66. The molecule has 0 aromatic heterocycles. The smallest absolute Gasteiger partial charge is 0.226 e. The predicted molar refractivity (Wildman–Crippen MR) is 111 cm³/mol. The molecule has 150 valence electrons. The number of carbonyl (C=O) groups excluding carboxylic acids is 2. The van der Waals surface area contributed by atoms with Crippen molar-refractivity contribution >= 4 is 23.2 Å². The first-order chi connectivity index (χ1) is 13.3. The Balaban J connectivity index is 2.16. The van der Waals surface area contributed by atoms with Crippen molar-refractivity contribution in [3.8, 4) is 11.5 Å². The number of rotatable bonds is 7. The van der Waals surface area contributed by atoms with Crippen molar-refractivity contribution in [2.24, 2.45) is 0 Å². The van der Waals surface area contributed by atoms with Crippen LogP contribution in [-0.2, 0) is 9.59 Å². The fourth-order valence-electron chi connectivity index (χ4n) is 3.25. The van der Waals surface area contributed by atoms with Crippen molar-refractivity contribution in [3.63, 3.8) is 0 Å². The number of nitrogens with zero attached hydrogens (tertiary/aromatic N) is 1. The third-order valence-corrected chi connectivity index (χ3v) is 4.56. The lowest BCUT2D eigenvalue weighted by molar-refractivity contribution is -0.117. The van der Waals surface area contributed by atoms with Gasteiger partial charge in [-0.3, -0.25) is 9.59 Å². The van der Waals surface area contributed by atoms with E-state index in [1.165, 1.54) is 11.8 Å².